The maximum absolute atomic E-state index is 12.4. The van der Waals surface area contributed by atoms with Crippen molar-refractivity contribution in [3.63, 3.8) is 0 Å². The van der Waals surface area contributed by atoms with Gasteiger partial charge in [0.05, 0.1) is 11.1 Å². The Labute approximate surface area is 196 Å². The van der Waals surface area contributed by atoms with E-state index in [-0.39, 0.29) is 6.61 Å². The maximum Gasteiger partial charge on any atom is 0.276 e. The SMILES string of the molecule is Cc1cccc(OCC(=O)NNC(=O)c2ccc(OCCc3ccccc3)c(Br)c2)c1C. The number of hydrazine groups is 1. The first kappa shape index (κ1) is 23.3. The lowest BCUT2D eigenvalue weighted by Gasteiger charge is -2.12. The second-order valence-corrected chi connectivity index (χ2v) is 8.07. The summed E-state index contributed by atoms with van der Waals surface area (Å²) in [6.07, 6.45) is 0.783. The molecule has 3 aromatic carbocycles. The van der Waals surface area contributed by atoms with Crippen LogP contribution < -0.4 is 20.3 Å². The molecule has 0 aliphatic carbocycles. The van der Waals surface area contributed by atoms with Gasteiger partial charge in [0, 0.05) is 12.0 Å². The Balaban J connectivity index is 1.45. The fraction of sp³-hybridized carbons (Fsp3) is 0.200. The molecule has 0 radical (unpaired) electrons. The molecule has 0 heterocycles. The first-order valence-corrected chi connectivity index (χ1v) is 11.0. The van der Waals surface area contributed by atoms with Gasteiger partial charge in [-0.2, -0.15) is 0 Å². The molecule has 0 spiro atoms. The topological polar surface area (TPSA) is 76.7 Å². The predicted molar refractivity (Wildman–Crippen MR) is 127 cm³/mol. The van der Waals surface area contributed by atoms with E-state index in [1.165, 1.54) is 5.56 Å². The molecule has 166 valence electrons. The summed E-state index contributed by atoms with van der Waals surface area (Å²) in [4.78, 5) is 24.4. The van der Waals surface area contributed by atoms with E-state index in [9.17, 15) is 9.59 Å². The number of carbonyl (C=O) groups is 2. The van der Waals surface area contributed by atoms with Crippen molar-refractivity contribution in [2.75, 3.05) is 13.2 Å². The van der Waals surface area contributed by atoms with Crippen LogP contribution in [0.1, 0.15) is 27.0 Å². The van der Waals surface area contributed by atoms with Crippen LogP contribution in [0.15, 0.2) is 71.2 Å². The van der Waals surface area contributed by atoms with Crippen LogP contribution in [0.5, 0.6) is 11.5 Å². The number of rotatable bonds is 8. The van der Waals surface area contributed by atoms with E-state index in [4.69, 9.17) is 9.47 Å². The molecule has 0 saturated carbocycles. The van der Waals surface area contributed by atoms with Crippen molar-refractivity contribution in [1.82, 2.24) is 10.9 Å². The highest BCUT2D eigenvalue weighted by atomic mass is 79.9. The average Bonchev–Trinajstić information content (AvgIpc) is 2.80. The van der Waals surface area contributed by atoms with E-state index >= 15 is 0 Å². The Hall–Kier alpha value is -3.32. The van der Waals surface area contributed by atoms with E-state index in [1.807, 2.05) is 56.3 Å². The smallest absolute Gasteiger partial charge is 0.276 e. The van der Waals surface area contributed by atoms with E-state index in [2.05, 4.69) is 26.8 Å². The lowest BCUT2D eigenvalue weighted by Crippen LogP contribution is -2.43. The summed E-state index contributed by atoms with van der Waals surface area (Å²) in [5.41, 5.74) is 8.37. The number of nitrogens with one attached hydrogen (secondary N) is 2. The Morgan fingerprint density at radius 1 is 0.875 bits per heavy atom. The number of aryl methyl sites for hydroxylation is 1. The third-order valence-electron chi connectivity index (χ3n) is 4.91. The molecule has 0 aliphatic heterocycles. The van der Waals surface area contributed by atoms with Crippen LogP contribution in [-0.4, -0.2) is 25.0 Å². The summed E-state index contributed by atoms with van der Waals surface area (Å²) < 4.78 is 12.0. The zero-order valence-electron chi connectivity index (χ0n) is 18.0. The van der Waals surface area contributed by atoms with Gasteiger partial charge in [-0.25, -0.2) is 0 Å². The Morgan fingerprint density at radius 3 is 2.41 bits per heavy atom. The van der Waals surface area contributed by atoms with Gasteiger partial charge in [-0.3, -0.25) is 20.4 Å². The van der Waals surface area contributed by atoms with Gasteiger partial charge in [0.1, 0.15) is 11.5 Å². The molecule has 0 atom stereocenters. The van der Waals surface area contributed by atoms with Gasteiger partial charge in [0.25, 0.3) is 11.8 Å². The van der Waals surface area contributed by atoms with Gasteiger partial charge in [-0.05, 0) is 70.7 Å². The monoisotopic (exact) mass is 496 g/mol. The van der Waals surface area contributed by atoms with Crippen LogP contribution in [0.25, 0.3) is 0 Å². The van der Waals surface area contributed by atoms with Crippen LogP contribution in [0.2, 0.25) is 0 Å². The van der Waals surface area contributed by atoms with Crippen LogP contribution >= 0.6 is 15.9 Å². The lowest BCUT2D eigenvalue weighted by atomic mass is 10.1. The molecule has 0 fully saturated rings. The molecule has 3 aromatic rings. The molecular weight excluding hydrogens is 472 g/mol. The molecule has 2 amide bonds. The maximum atomic E-state index is 12.4. The van der Waals surface area contributed by atoms with Gasteiger partial charge >= 0.3 is 0 Å². The van der Waals surface area contributed by atoms with Crippen LogP contribution in [0.3, 0.4) is 0 Å². The van der Waals surface area contributed by atoms with Gasteiger partial charge in [-0.1, -0.05) is 42.5 Å². The summed E-state index contributed by atoms with van der Waals surface area (Å²) in [5, 5.41) is 0. The summed E-state index contributed by atoms with van der Waals surface area (Å²) in [6.45, 7) is 4.21. The predicted octanol–water partition coefficient (Wildman–Crippen LogP) is 4.53. The Kier molecular flexibility index (Phi) is 8.27. The molecule has 6 nitrogen and oxygen atoms in total. The van der Waals surface area contributed by atoms with E-state index in [1.54, 1.807) is 24.3 Å². The second kappa shape index (κ2) is 11.3. The van der Waals surface area contributed by atoms with Crippen LogP contribution in [-0.2, 0) is 11.2 Å². The number of ether oxygens (including phenoxy) is 2. The number of halogens is 1. The third kappa shape index (κ3) is 6.59. The summed E-state index contributed by atoms with van der Waals surface area (Å²) in [5.74, 6) is 0.377. The largest absolute Gasteiger partial charge is 0.492 e. The first-order valence-electron chi connectivity index (χ1n) is 10.2. The Bertz CT molecular complexity index is 1090. The fourth-order valence-electron chi connectivity index (χ4n) is 2.94. The van der Waals surface area contributed by atoms with Crippen molar-refractivity contribution in [2.24, 2.45) is 0 Å². The summed E-state index contributed by atoms with van der Waals surface area (Å²) in [6, 6.07) is 20.7. The zero-order chi connectivity index (χ0) is 22.9. The van der Waals surface area contributed by atoms with Crippen molar-refractivity contribution in [3.8, 4) is 11.5 Å². The van der Waals surface area contributed by atoms with Crippen LogP contribution in [0.4, 0.5) is 0 Å². The Morgan fingerprint density at radius 2 is 1.66 bits per heavy atom. The minimum atomic E-state index is -0.459. The number of hydrogen-bond donors (Lipinski definition) is 2. The minimum Gasteiger partial charge on any atom is -0.492 e. The number of hydrogen-bond acceptors (Lipinski definition) is 4. The van der Waals surface area contributed by atoms with Crippen molar-refractivity contribution < 1.29 is 19.1 Å². The molecule has 3 rings (SSSR count). The van der Waals surface area contributed by atoms with Crippen molar-refractivity contribution in [1.29, 1.82) is 0 Å². The summed E-state index contributed by atoms with van der Waals surface area (Å²) in [7, 11) is 0. The number of carbonyl (C=O) groups excluding carboxylic acids is 2. The molecule has 0 saturated heterocycles. The molecule has 0 aliphatic rings. The number of benzene rings is 3. The minimum absolute atomic E-state index is 0.206. The third-order valence-corrected chi connectivity index (χ3v) is 5.53. The molecule has 7 heteroatoms. The molecule has 0 unspecified atom stereocenters. The molecular formula is C25H25BrN2O4. The summed E-state index contributed by atoms with van der Waals surface area (Å²) >= 11 is 3.43. The van der Waals surface area contributed by atoms with Crippen molar-refractivity contribution in [3.05, 3.63) is 93.5 Å². The highest BCUT2D eigenvalue weighted by Gasteiger charge is 2.11. The molecule has 0 aromatic heterocycles. The first-order chi connectivity index (χ1) is 15.4. The number of amides is 2. The van der Waals surface area contributed by atoms with Gasteiger partial charge in [0.2, 0.25) is 0 Å². The standard InChI is InChI=1S/C25H25BrN2O4/c1-17-7-6-10-22(18(17)2)32-16-24(29)27-28-25(30)20-11-12-23(21(26)15-20)31-14-13-19-8-4-3-5-9-19/h3-12,15H,13-14,16H2,1-2H3,(H,27,29)(H,28,30). The normalized spacial score (nSPS) is 10.3. The van der Waals surface area contributed by atoms with Crippen molar-refractivity contribution >= 4 is 27.7 Å². The quantitative estimate of drug-likeness (QED) is 0.449. The van der Waals surface area contributed by atoms with Crippen LogP contribution in [0, 0.1) is 13.8 Å². The van der Waals surface area contributed by atoms with Gasteiger partial charge in [-0.15, -0.1) is 0 Å². The van der Waals surface area contributed by atoms with E-state index in [0.717, 1.165) is 17.5 Å². The molecule has 2 N–H and O–H groups in total. The fourth-order valence-corrected chi connectivity index (χ4v) is 3.43. The van der Waals surface area contributed by atoms with E-state index in [0.29, 0.717) is 28.1 Å². The second-order valence-electron chi connectivity index (χ2n) is 7.22. The van der Waals surface area contributed by atoms with Gasteiger partial charge in [0.15, 0.2) is 6.61 Å². The van der Waals surface area contributed by atoms with Gasteiger partial charge < -0.3 is 9.47 Å². The van der Waals surface area contributed by atoms with Crippen molar-refractivity contribution in [2.45, 2.75) is 20.3 Å². The molecule has 0 bridgehead atoms. The lowest BCUT2D eigenvalue weighted by molar-refractivity contribution is -0.123. The highest BCUT2D eigenvalue weighted by Crippen LogP contribution is 2.26. The molecule has 32 heavy (non-hydrogen) atoms. The zero-order valence-corrected chi connectivity index (χ0v) is 19.6. The highest BCUT2D eigenvalue weighted by molar-refractivity contribution is 9.10. The average molecular weight is 497 g/mol. The van der Waals surface area contributed by atoms with E-state index < -0.39 is 11.8 Å².